The van der Waals surface area contributed by atoms with Crippen LogP contribution in [0.1, 0.15) is 0 Å². The molecule has 0 N–H and O–H groups in total. The van der Waals surface area contributed by atoms with Crippen LogP contribution in [0, 0.1) is 0 Å². The van der Waals surface area contributed by atoms with Gasteiger partial charge >= 0.3 is 0 Å². The molecule has 0 amide bonds. The number of thiophene rings is 1. The Labute approximate surface area is 430 Å². The van der Waals surface area contributed by atoms with E-state index < -0.39 is 0 Å². The fourth-order valence-corrected chi connectivity index (χ4v) is 11.6. The molecule has 12 aromatic carbocycles. The minimum atomic E-state index is 1.09. The summed E-state index contributed by atoms with van der Waals surface area (Å²) in [6.07, 6.45) is 0. The normalized spacial score (nSPS) is 11.3. The molecule has 0 saturated heterocycles. The molecular formula is C70H48N2S. The molecule has 0 radical (unpaired) electrons. The molecule has 13 rings (SSSR count). The fraction of sp³-hybridized carbons (Fsp3) is 0. The Morgan fingerprint density at radius 3 is 1.14 bits per heavy atom. The van der Waals surface area contributed by atoms with Gasteiger partial charge in [0, 0.05) is 43.9 Å². The van der Waals surface area contributed by atoms with E-state index in [1.165, 1.54) is 75.5 Å². The second kappa shape index (κ2) is 19.1. The molecule has 0 aliphatic carbocycles. The van der Waals surface area contributed by atoms with E-state index in [1.807, 2.05) is 11.3 Å². The third-order valence-corrected chi connectivity index (χ3v) is 15.2. The van der Waals surface area contributed by atoms with E-state index in [-0.39, 0.29) is 0 Å². The van der Waals surface area contributed by atoms with Crippen molar-refractivity contribution < 1.29 is 0 Å². The summed E-state index contributed by atoms with van der Waals surface area (Å²) in [4.78, 5) is 7.22. The van der Waals surface area contributed by atoms with Crippen molar-refractivity contribution in [1.82, 2.24) is 0 Å². The van der Waals surface area contributed by atoms with Crippen LogP contribution in [0.2, 0.25) is 0 Å². The molecule has 0 aliphatic rings. The molecule has 344 valence electrons. The first-order valence-electron chi connectivity index (χ1n) is 24.9. The zero-order valence-electron chi connectivity index (χ0n) is 40.0. The van der Waals surface area contributed by atoms with E-state index in [2.05, 4.69) is 301 Å². The van der Waals surface area contributed by atoms with Crippen molar-refractivity contribution in [3.05, 3.63) is 291 Å². The lowest BCUT2D eigenvalue weighted by atomic mass is 9.84. The van der Waals surface area contributed by atoms with Crippen molar-refractivity contribution in [2.24, 2.45) is 0 Å². The summed E-state index contributed by atoms with van der Waals surface area (Å²) in [5.41, 5.74) is 16.1. The lowest BCUT2D eigenvalue weighted by Gasteiger charge is -2.27. The zero-order valence-corrected chi connectivity index (χ0v) is 40.8. The molecule has 1 heterocycles. The standard InChI is InChI=1S/C70H48N2S/c1-5-26-57(27-6-1)71(58-28-7-2-8-29-58)61-34-18-24-55(46-61)69-63-36-15-16-37-64(63)70(56-25-19-35-62(47-56)72(59-30-9-3-10-31-59)60-32-11-4-12-33-60)66-48-52(40-41-65(66)69)51-22-17-23-53(45-51)67-42-43-68(73-67)54-39-38-49-20-13-14-21-50(49)44-54/h1-48H. The number of benzene rings is 12. The summed E-state index contributed by atoms with van der Waals surface area (Å²) in [5, 5.41) is 7.32. The highest BCUT2D eigenvalue weighted by atomic mass is 32.1. The maximum Gasteiger partial charge on any atom is 0.0467 e. The molecule has 1 aromatic heterocycles. The van der Waals surface area contributed by atoms with Gasteiger partial charge in [-0.25, -0.2) is 0 Å². The summed E-state index contributed by atoms with van der Waals surface area (Å²) in [6.45, 7) is 0. The minimum absolute atomic E-state index is 1.09. The highest BCUT2D eigenvalue weighted by molar-refractivity contribution is 7.18. The second-order valence-electron chi connectivity index (χ2n) is 18.5. The third-order valence-electron chi connectivity index (χ3n) is 14.0. The molecule has 0 unspecified atom stereocenters. The fourth-order valence-electron chi connectivity index (χ4n) is 10.6. The monoisotopic (exact) mass is 948 g/mol. The lowest BCUT2D eigenvalue weighted by Crippen LogP contribution is -2.09. The van der Waals surface area contributed by atoms with Gasteiger partial charge in [-0.3, -0.25) is 0 Å². The molecule has 0 saturated carbocycles. The van der Waals surface area contributed by atoms with Gasteiger partial charge in [0.15, 0.2) is 0 Å². The van der Waals surface area contributed by atoms with Gasteiger partial charge < -0.3 is 9.80 Å². The number of fused-ring (bicyclic) bond motifs is 3. The smallest absolute Gasteiger partial charge is 0.0467 e. The van der Waals surface area contributed by atoms with Crippen LogP contribution in [0.4, 0.5) is 34.1 Å². The molecule has 73 heavy (non-hydrogen) atoms. The number of rotatable bonds is 11. The Kier molecular flexibility index (Phi) is 11.5. The molecule has 13 aromatic rings. The van der Waals surface area contributed by atoms with Crippen LogP contribution >= 0.6 is 11.3 Å². The van der Waals surface area contributed by atoms with Gasteiger partial charge in [-0.1, -0.05) is 188 Å². The predicted molar refractivity (Wildman–Crippen MR) is 313 cm³/mol. The summed E-state index contributed by atoms with van der Waals surface area (Å²) in [6, 6.07) is 106. The SMILES string of the molecule is c1ccc(N(c2ccccc2)c2cccc(-c3c4ccccc4c(-c4cccc(N(c5ccccc5)c5ccccc5)c4)c4cc(-c5cccc(-c6ccc(-c7ccc8ccccc8c7)s6)c5)ccc34)c2)cc1. The largest absolute Gasteiger partial charge is 0.310 e. The van der Waals surface area contributed by atoms with E-state index in [4.69, 9.17) is 0 Å². The van der Waals surface area contributed by atoms with Gasteiger partial charge in [-0.2, -0.15) is 0 Å². The summed E-state index contributed by atoms with van der Waals surface area (Å²) in [7, 11) is 0. The van der Waals surface area contributed by atoms with Crippen LogP contribution < -0.4 is 9.80 Å². The molecular weight excluding hydrogens is 901 g/mol. The van der Waals surface area contributed by atoms with Crippen molar-refractivity contribution >= 4 is 77.8 Å². The van der Waals surface area contributed by atoms with Crippen molar-refractivity contribution in [2.45, 2.75) is 0 Å². The van der Waals surface area contributed by atoms with Gasteiger partial charge in [0.05, 0.1) is 0 Å². The van der Waals surface area contributed by atoms with Crippen LogP contribution in [0.25, 0.3) is 86.6 Å². The second-order valence-corrected chi connectivity index (χ2v) is 19.6. The van der Waals surface area contributed by atoms with Crippen molar-refractivity contribution in [3.8, 4) is 54.3 Å². The van der Waals surface area contributed by atoms with Crippen LogP contribution in [-0.2, 0) is 0 Å². The van der Waals surface area contributed by atoms with E-state index >= 15 is 0 Å². The topological polar surface area (TPSA) is 6.48 Å². The number of hydrogen-bond acceptors (Lipinski definition) is 3. The van der Waals surface area contributed by atoms with Gasteiger partial charge in [0.2, 0.25) is 0 Å². The minimum Gasteiger partial charge on any atom is -0.310 e. The molecule has 0 spiro atoms. The van der Waals surface area contributed by atoms with E-state index in [9.17, 15) is 0 Å². The van der Waals surface area contributed by atoms with Gasteiger partial charge in [0.25, 0.3) is 0 Å². The number of anilines is 6. The van der Waals surface area contributed by atoms with Crippen molar-refractivity contribution in [1.29, 1.82) is 0 Å². The summed E-state index contributed by atoms with van der Waals surface area (Å²) >= 11 is 1.85. The first-order chi connectivity index (χ1) is 36.2. The first kappa shape index (κ1) is 43.7. The van der Waals surface area contributed by atoms with Crippen LogP contribution in [-0.4, -0.2) is 0 Å². The molecule has 0 atom stereocenters. The highest BCUT2D eigenvalue weighted by Crippen LogP contribution is 2.48. The summed E-state index contributed by atoms with van der Waals surface area (Å²) in [5.74, 6) is 0. The molecule has 3 heteroatoms. The maximum atomic E-state index is 2.44. The first-order valence-corrected chi connectivity index (χ1v) is 25.7. The van der Waals surface area contributed by atoms with Crippen LogP contribution in [0.5, 0.6) is 0 Å². The average molecular weight is 949 g/mol. The number of hydrogen-bond donors (Lipinski definition) is 0. The Hall–Kier alpha value is -9.28. The van der Waals surface area contributed by atoms with E-state index in [0.717, 1.165) is 45.3 Å². The molecule has 2 nitrogen and oxygen atoms in total. The van der Waals surface area contributed by atoms with Crippen LogP contribution in [0.15, 0.2) is 291 Å². The van der Waals surface area contributed by atoms with Crippen LogP contribution in [0.3, 0.4) is 0 Å². The maximum absolute atomic E-state index is 2.44. The van der Waals surface area contributed by atoms with Crippen molar-refractivity contribution in [3.63, 3.8) is 0 Å². The molecule has 0 fully saturated rings. The Bertz CT molecular complexity index is 4010. The van der Waals surface area contributed by atoms with Gasteiger partial charge in [0.1, 0.15) is 0 Å². The number of nitrogens with zero attached hydrogens (tertiary/aromatic N) is 2. The van der Waals surface area contributed by atoms with Gasteiger partial charge in [-0.15, -0.1) is 11.3 Å². The zero-order chi connectivity index (χ0) is 48.5. The van der Waals surface area contributed by atoms with Crippen molar-refractivity contribution in [2.75, 3.05) is 9.80 Å². The highest BCUT2D eigenvalue weighted by Gasteiger charge is 2.21. The van der Waals surface area contributed by atoms with E-state index in [1.54, 1.807) is 0 Å². The Morgan fingerprint density at radius 2 is 0.589 bits per heavy atom. The quantitative estimate of drug-likeness (QED) is 0.119. The Balaban J connectivity index is 1.00. The molecule has 0 bridgehead atoms. The predicted octanol–water partition coefficient (Wildman–Crippen LogP) is 20.5. The van der Waals surface area contributed by atoms with Gasteiger partial charge in [-0.05, 0) is 180 Å². The molecule has 0 aliphatic heterocycles. The number of para-hydroxylation sites is 4. The third kappa shape index (κ3) is 8.42. The lowest BCUT2D eigenvalue weighted by molar-refractivity contribution is 1.28. The average Bonchev–Trinajstić information content (AvgIpc) is 3.97. The van der Waals surface area contributed by atoms with E-state index in [0.29, 0.717) is 0 Å². The Morgan fingerprint density at radius 1 is 0.205 bits per heavy atom. The summed E-state index contributed by atoms with van der Waals surface area (Å²) < 4.78 is 0.